The third kappa shape index (κ3) is 2.49. The number of para-hydroxylation sites is 1. The number of fused-ring (bicyclic) bond motifs is 2. The molecule has 112 valence electrons. The molecule has 4 aromatic rings. The number of benzene rings is 2. The molecule has 0 aliphatic carbocycles. The summed E-state index contributed by atoms with van der Waals surface area (Å²) in [4.78, 5) is 28.6. The maximum absolute atomic E-state index is 12.3. The lowest BCUT2D eigenvalue weighted by Gasteiger charge is -2.02. The van der Waals surface area contributed by atoms with Crippen LogP contribution >= 0.6 is 11.3 Å². The van der Waals surface area contributed by atoms with Crippen molar-refractivity contribution in [3.05, 3.63) is 70.8 Å². The molecule has 2 aromatic heterocycles. The van der Waals surface area contributed by atoms with Gasteiger partial charge in [-0.25, -0.2) is 9.78 Å². The fourth-order valence-corrected chi connectivity index (χ4v) is 3.19. The van der Waals surface area contributed by atoms with E-state index < -0.39 is 11.5 Å². The number of anilines is 1. The number of aromatic nitrogens is 1. The summed E-state index contributed by atoms with van der Waals surface area (Å²) >= 11 is 1.37. The summed E-state index contributed by atoms with van der Waals surface area (Å²) in [5.74, 6) is -0.528. The topological polar surface area (TPSA) is 72.2 Å². The molecule has 0 atom stereocenters. The highest BCUT2D eigenvalue weighted by Gasteiger charge is 2.14. The van der Waals surface area contributed by atoms with Crippen LogP contribution in [0.1, 0.15) is 10.6 Å². The summed E-state index contributed by atoms with van der Waals surface area (Å²) in [5.41, 5.74) is 0.283. The number of carbonyl (C=O) groups excluding carboxylic acids is 1. The summed E-state index contributed by atoms with van der Waals surface area (Å²) in [6.07, 6.45) is 0. The van der Waals surface area contributed by atoms with Gasteiger partial charge in [-0.2, -0.15) is 0 Å². The molecule has 0 aliphatic heterocycles. The second-order valence-electron chi connectivity index (χ2n) is 4.93. The van der Waals surface area contributed by atoms with Crippen molar-refractivity contribution in [2.75, 3.05) is 5.32 Å². The molecule has 0 fully saturated rings. The Morgan fingerprint density at radius 2 is 1.87 bits per heavy atom. The fraction of sp³-hybridized carbons (Fsp3) is 0. The maximum atomic E-state index is 12.3. The standard InChI is InChI=1S/C17H10N2O3S/c20-15(19-17-18-12-7-3-4-8-14(12)23-17)13-9-10-5-1-2-6-11(10)16(21)22-13/h1-9H,(H,18,19,20). The molecule has 0 spiro atoms. The van der Waals surface area contributed by atoms with Gasteiger partial charge in [-0.15, -0.1) is 0 Å². The van der Waals surface area contributed by atoms with E-state index >= 15 is 0 Å². The molecule has 6 heteroatoms. The molecular formula is C17H10N2O3S. The predicted octanol–water partition coefficient (Wildman–Crippen LogP) is 3.66. The molecule has 2 aromatic carbocycles. The van der Waals surface area contributed by atoms with Gasteiger partial charge in [0.2, 0.25) is 0 Å². The Labute approximate surface area is 134 Å². The molecule has 5 nitrogen and oxygen atoms in total. The molecule has 0 unspecified atom stereocenters. The molecule has 0 saturated heterocycles. The van der Waals surface area contributed by atoms with Gasteiger partial charge >= 0.3 is 5.63 Å². The highest BCUT2D eigenvalue weighted by Crippen LogP contribution is 2.25. The van der Waals surface area contributed by atoms with Gasteiger partial charge in [0.05, 0.1) is 15.6 Å². The van der Waals surface area contributed by atoms with Gasteiger partial charge in [0.1, 0.15) is 0 Å². The zero-order chi connectivity index (χ0) is 15.8. The van der Waals surface area contributed by atoms with Crippen LogP contribution in [0.4, 0.5) is 5.13 Å². The van der Waals surface area contributed by atoms with Gasteiger partial charge in [-0.1, -0.05) is 41.7 Å². The van der Waals surface area contributed by atoms with Crippen LogP contribution in [0.2, 0.25) is 0 Å². The van der Waals surface area contributed by atoms with Crippen LogP contribution in [0.3, 0.4) is 0 Å². The van der Waals surface area contributed by atoms with Crippen molar-refractivity contribution in [2.45, 2.75) is 0 Å². The molecule has 4 rings (SSSR count). The summed E-state index contributed by atoms with van der Waals surface area (Å²) in [5, 5.41) is 4.25. The van der Waals surface area contributed by atoms with Crippen LogP contribution in [0, 0.1) is 0 Å². The predicted molar refractivity (Wildman–Crippen MR) is 90.1 cm³/mol. The minimum Gasteiger partial charge on any atom is -0.417 e. The van der Waals surface area contributed by atoms with E-state index in [9.17, 15) is 9.59 Å². The van der Waals surface area contributed by atoms with Gasteiger partial charge in [0, 0.05) is 0 Å². The van der Waals surface area contributed by atoms with Crippen molar-refractivity contribution in [3.63, 3.8) is 0 Å². The number of hydrogen-bond donors (Lipinski definition) is 1. The molecule has 0 aliphatic rings. The van der Waals surface area contributed by atoms with Crippen molar-refractivity contribution in [1.29, 1.82) is 0 Å². The second-order valence-corrected chi connectivity index (χ2v) is 5.96. The number of nitrogens with one attached hydrogen (secondary N) is 1. The van der Waals surface area contributed by atoms with Crippen molar-refractivity contribution >= 4 is 43.4 Å². The van der Waals surface area contributed by atoms with Gasteiger partial charge in [0.15, 0.2) is 10.9 Å². The molecule has 23 heavy (non-hydrogen) atoms. The van der Waals surface area contributed by atoms with E-state index in [2.05, 4.69) is 10.3 Å². The van der Waals surface area contributed by atoms with Gasteiger partial charge in [-0.3, -0.25) is 10.1 Å². The summed E-state index contributed by atoms with van der Waals surface area (Å²) < 4.78 is 6.08. The van der Waals surface area contributed by atoms with Crippen molar-refractivity contribution in [1.82, 2.24) is 4.98 Å². The van der Waals surface area contributed by atoms with E-state index in [0.717, 1.165) is 10.2 Å². The highest BCUT2D eigenvalue weighted by molar-refractivity contribution is 7.22. The minimum absolute atomic E-state index is 0.0343. The monoisotopic (exact) mass is 322 g/mol. The lowest BCUT2D eigenvalue weighted by molar-refractivity contribution is 0.0993. The van der Waals surface area contributed by atoms with E-state index in [1.165, 1.54) is 11.3 Å². The zero-order valence-corrected chi connectivity index (χ0v) is 12.6. The van der Waals surface area contributed by atoms with E-state index in [1.54, 1.807) is 30.3 Å². The lowest BCUT2D eigenvalue weighted by atomic mass is 10.1. The Balaban J connectivity index is 1.70. The molecule has 0 saturated carbocycles. The highest BCUT2D eigenvalue weighted by atomic mass is 32.1. The van der Waals surface area contributed by atoms with Crippen LogP contribution in [0.25, 0.3) is 21.0 Å². The molecule has 2 heterocycles. The first kappa shape index (κ1) is 13.7. The fourth-order valence-electron chi connectivity index (χ4n) is 2.33. The number of amides is 1. The Bertz CT molecular complexity index is 1060. The third-order valence-electron chi connectivity index (χ3n) is 3.41. The molecule has 0 bridgehead atoms. The number of nitrogens with zero attached hydrogens (tertiary/aromatic N) is 1. The smallest absolute Gasteiger partial charge is 0.344 e. The van der Waals surface area contributed by atoms with Crippen molar-refractivity contribution < 1.29 is 9.21 Å². The first-order valence-electron chi connectivity index (χ1n) is 6.90. The van der Waals surface area contributed by atoms with E-state index in [-0.39, 0.29) is 5.76 Å². The third-order valence-corrected chi connectivity index (χ3v) is 4.36. The van der Waals surface area contributed by atoms with E-state index in [1.807, 2.05) is 24.3 Å². The Hall–Kier alpha value is -2.99. The SMILES string of the molecule is O=C(Nc1nc2ccccc2s1)c1cc2ccccc2c(=O)o1. The second kappa shape index (κ2) is 5.33. The van der Waals surface area contributed by atoms with E-state index in [4.69, 9.17) is 4.42 Å². The van der Waals surface area contributed by atoms with Gasteiger partial charge < -0.3 is 4.42 Å². The summed E-state index contributed by atoms with van der Waals surface area (Å²) in [6.45, 7) is 0. The molecule has 0 radical (unpaired) electrons. The van der Waals surface area contributed by atoms with Crippen LogP contribution in [-0.4, -0.2) is 10.9 Å². The normalized spacial score (nSPS) is 11.0. The average molecular weight is 322 g/mol. The maximum Gasteiger partial charge on any atom is 0.344 e. The van der Waals surface area contributed by atoms with Crippen LogP contribution in [-0.2, 0) is 0 Å². The average Bonchev–Trinajstić information content (AvgIpc) is 2.97. The molecule has 1 amide bonds. The first-order chi connectivity index (χ1) is 11.2. The number of carbonyl (C=O) groups is 1. The van der Waals surface area contributed by atoms with Crippen molar-refractivity contribution in [3.8, 4) is 0 Å². The molecular weight excluding hydrogens is 312 g/mol. The van der Waals surface area contributed by atoms with Crippen LogP contribution in [0.15, 0.2) is 63.8 Å². The number of hydrogen-bond acceptors (Lipinski definition) is 5. The van der Waals surface area contributed by atoms with Crippen molar-refractivity contribution in [2.24, 2.45) is 0 Å². The zero-order valence-electron chi connectivity index (χ0n) is 11.8. The van der Waals surface area contributed by atoms with E-state index in [0.29, 0.717) is 15.9 Å². The minimum atomic E-state index is -0.530. The van der Waals surface area contributed by atoms with Crippen LogP contribution in [0.5, 0.6) is 0 Å². The summed E-state index contributed by atoms with van der Waals surface area (Å²) in [7, 11) is 0. The number of thiazole rings is 1. The Kier molecular flexibility index (Phi) is 3.17. The Morgan fingerprint density at radius 1 is 1.09 bits per heavy atom. The number of rotatable bonds is 2. The Morgan fingerprint density at radius 3 is 2.74 bits per heavy atom. The van der Waals surface area contributed by atoms with Crippen LogP contribution < -0.4 is 10.9 Å². The van der Waals surface area contributed by atoms with Gasteiger partial charge in [0.25, 0.3) is 5.91 Å². The molecule has 1 N–H and O–H groups in total. The quantitative estimate of drug-likeness (QED) is 0.611. The summed E-state index contributed by atoms with van der Waals surface area (Å²) in [6, 6.07) is 16.1. The lowest BCUT2D eigenvalue weighted by Crippen LogP contribution is -2.14. The van der Waals surface area contributed by atoms with Gasteiger partial charge in [-0.05, 0) is 29.7 Å². The first-order valence-corrected chi connectivity index (χ1v) is 7.72. The largest absolute Gasteiger partial charge is 0.417 e.